The monoisotopic (exact) mass is 402 g/mol. The molecule has 0 aliphatic carbocycles. The number of hydrogen-bond acceptors (Lipinski definition) is 7. The molecule has 0 saturated carbocycles. The molecule has 0 atom stereocenters. The van der Waals surface area contributed by atoms with Crippen LogP contribution in [0.1, 0.15) is 23.7 Å². The Bertz CT molecular complexity index is 961. The van der Waals surface area contributed by atoms with E-state index in [4.69, 9.17) is 18.9 Å². The second-order valence-corrected chi connectivity index (χ2v) is 6.90. The first kappa shape index (κ1) is 19.8. The Morgan fingerprint density at radius 3 is 2.39 bits per heavy atom. The molecule has 1 amide bonds. The Kier molecular flexibility index (Phi) is 6.20. The number of amides is 1. The smallest absolute Gasteiger partial charge is 0.257 e. The highest BCUT2D eigenvalue weighted by Crippen LogP contribution is 2.38. The Balaban J connectivity index is 1.84. The standard InChI is InChI=1S/C20H22N2O5S/c1-5-8-27-13-6-7-14-17(11-13)28-20(21-14)22-19(23)12-9-15(24-2)18(26-4)16(10-12)25-3/h6-7,9-11H,5,8H2,1-4H3,(H,21,22,23). The molecule has 2 aromatic carbocycles. The van der Waals surface area contributed by atoms with Crippen LogP contribution < -0.4 is 24.3 Å². The van der Waals surface area contributed by atoms with Crippen molar-refractivity contribution in [1.29, 1.82) is 0 Å². The molecule has 8 heteroatoms. The quantitative estimate of drug-likeness (QED) is 0.603. The number of rotatable bonds is 8. The molecule has 0 unspecified atom stereocenters. The third-order valence-corrected chi connectivity index (χ3v) is 4.91. The normalized spacial score (nSPS) is 10.6. The number of benzene rings is 2. The van der Waals surface area contributed by atoms with Crippen LogP contribution >= 0.6 is 11.3 Å². The number of aromatic nitrogens is 1. The summed E-state index contributed by atoms with van der Waals surface area (Å²) in [6, 6.07) is 8.88. The van der Waals surface area contributed by atoms with Gasteiger partial charge >= 0.3 is 0 Å². The zero-order valence-corrected chi connectivity index (χ0v) is 17.0. The fraction of sp³-hybridized carbons (Fsp3) is 0.300. The van der Waals surface area contributed by atoms with E-state index in [0.29, 0.717) is 34.6 Å². The van der Waals surface area contributed by atoms with Crippen LogP contribution in [0.5, 0.6) is 23.0 Å². The lowest BCUT2D eigenvalue weighted by Crippen LogP contribution is -2.12. The van der Waals surface area contributed by atoms with Crippen molar-refractivity contribution in [1.82, 2.24) is 4.98 Å². The van der Waals surface area contributed by atoms with Gasteiger partial charge in [-0.25, -0.2) is 4.98 Å². The van der Waals surface area contributed by atoms with E-state index in [0.717, 1.165) is 22.4 Å². The lowest BCUT2D eigenvalue weighted by molar-refractivity contribution is 0.102. The van der Waals surface area contributed by atoms with Crippen molar-refractivity contribution >= 4 is 32.6 Å². The molecular weight excluding hydrogens is 380 g/mol. The number of nitrogens with one attached hydrogen (secondary N) is 1. The Labute approximate surface area is 167 Å². The molecule has 0 aliphatic heterocycles. The molecule has 148 valence electrons. The van der Waals surface area contributed by atoms with Gasteiger partial charge in [0.25, 0.3) is 5.91 Å². The summed E-state index contributed by atoms with van der Waals surface area (Å²) in [7, 11) is 4.52. The molecule has 7 nitrogen and oxygen atoms in total. The van der Waals surface area contributed by atoms with E-state index in [2.05, 4.69) is 17.2 Å². The lowest BCUT2D eigenvalue weighted by atomic mass is 10.1. The first-order chi connectivity index (χ1) is 13.6. The SMILES string of the molecule is CCCOc1ccc2nc(NC(=O)c3cc(OC)c(OC)c(OC)c3)sc2c1. The van der Waals surface area contributed by atoms with Gasteiger partial charge in [0.2, 0.25) is 5.75 Å². The Morgan fingerprint density at radius 1 is 1.07 bits per heavy atom. The highest BCUT2D eigenvalue weighted by atomic mass is 32.1. The number of carbonyl (C=O) groups is 1. The molecule has 1 N–H and O–H groups in total. The van der Waals surface area contributed by atoms with Gasteiger partial charge < -0.3 is 18.9 Å². The van der Waals surface area contributed by atoms with Crippen molar-refractivity contribution in [2.45, 2.75) is 13.3 Å². The Hall–Kier alpha value is -3.00. The van der Waals surface area contributed by atoms with E-state index in [-0.39, 0.29) is 5.91 Å². The average Bonchev–Trinajstić information content (AvgIpc) is 3.12. The minimum absolute atomic E-state index is 0.319. The minimum Gasteiger partial charge on any atom is -0.494 e. The second-order valence-electron chi connectivity index (χ2n) is 5.87. The number of anilines is 1. The molecule has 1 heterocycles. The molecular formula is C20H22N2O5S. The number of nitrogens with zero attached hydrogens (tertiary/aromatic N) is 1. The third kappa shape index (κ3) is 4.12. The summed E-state index contributed by atoms with van der Waals surface area (Å²) < 4.78 is 22.5. The van der Waals surface area contributed by atoms with E-state index < -0.39 is 0 Å². The molecule has 1 aromatic heterocycles. The number of carbonyl (C=O) groups excluding carboxylic acids is 1. The summed E-state index contributed by atoms with van der Waals surface area (Å²) >= 11 is 1.39. The summed E-state index contributed by atoms with van der Waals surface area (Å²) in [5.74, 6) is 1.73. The van der Waals surface area contributed by atoms with E-state index in [9.17, 15) is 4.79 Å². The van der Waals surface area contributed by atoms with E-state index in [1.165, 1.54) is 32.7 Å². The van der Waals surface area contributed by atoms with Gasteiger partial charge in [0.15, 0.2) is 16.6 Å². The van der Waals surface area contributed by atoms with Crippen molar-refractivity contribution in [2.75, 3.05) is 33.3 Å². The van der Waals surface area contributed by atoms with Crippen LogP contribution in [-0.4, -0.2) is 38.8 Å². The number of methoxy groups -OCH3 is 3. The van der Waals surface area contributed by atoms with Gasteiger partial charge in [-0.15, -0.1) is 0 Å². The second kappa shape index (κ2) is 8.79. The molecule has 0 fully saturated rings. The molecule has 0 saturated heterocycles. The van der Waals surface area contributed by atoms with E-state index in [1.807, 2.05) is 18.2 Å². The Morgan fingerprint density at radius 2 is 1.79 bits per heavy atom. The highest BCUT2D eigenvalue weighted by Gasteiger charge is 2.18. The largest absolute Gasteiger partial charge is 0.494 e. The topological polar surface area (TPSA) is 78.9 Å². The maximum atomic E-state index is 12.7. The van der Waals surface area contributed by atoms with Gasteiger partial charge in [-0.3, -0.25) is 10.1 Å². The zero-order valence-electron chi connectivity index (χ0n) is 16.2. The number of hydrogen-bond donors (Lipinski definition) is 1. The van der Waals surface area contributed by atoms with Gasteiger partial charge in [-0.2, -0.15) is 0 Å². The van der Waals surface area contributed by atoms with Crippen molar-refractivity contribution < 1.29 is 23.7 Å². The molecule has 0 radical (unpaired) electrons. The van der Waals surface area contributed by atoms with Gasteiger partial charge in [0, 0.05) is 5.56 Å². The van der Waals surface area contributed by atoms with Crippen LogP contribution in [0.3, 0.4) is 0 Å². The van der Waals surface area contributed by atoms with E-state index in [1.54, 1.807) is 12.1 Å². The predicted molar refractivity (Wildman–Crippen MR) is 109 cm³/mol. The maximum Gasteiger partial charge on any atom is 0.257 e. The van der Waals surface area contributed by atoms with E-state index >= 15 is 0 Å². The van der Waals surface area contributed by atoms with Crippen molar-refractivity contribution in [3.05, 3.63) is 35.9 Å². The van der Waals surface area contributed by atoms with Gasteiger partial charge in [0.05, 0.1) is 38.2 Å². The molecule has 0 bridgehead atoms. The maximum absolute atomic E-state index is 12.7. The van der Waals surface area contributed by atoms with Gasteiger partial charge in [-0.1, -0.05) is 18.3 Å². The van der Waals surface area contributed by atoms with Crippen molar-refractivity contribution in [2.24, 2.45) is 0 Å². The first-order valence-corrected chi connectivity index (χ1v) is 9.56. The average molecular weight is 402 g/mol. The van der Waals surface area contributed by atoms with Crippen molar-refractivity contribution in [3.8, 4) is 23.0 Å². The summed E-state index contributed by atoms with van der Waals surface area (Å²) in [6.07, 6.45) is 0.941. The molecule has 3 aromatic rings. The fourth-order valence-electron chi connectivity index (χ4n) is 2.65. The van der Waals surface area contributed by atoms with Gasteiger partial charge in [-0.05, 0) is 36.8 Å². The van der Waals surface area contributed by atoms with Crippen molar-refractivity contribution in [3.63, 3.8) is 0 Å². The molecule has 0 aliphatic rings. The van der Waals surface area contributed by atoms with Crippen LogP contribution in [0.2, 0.25) is 0 Å². The molecule has 3 rings (SSSR count). The highest BCUT2D eigenvalue weighted by molar-refractivity contribution is 7.22. The zero-order chi connectivity index (χ0) is 20.1. The van der Waals surface area contributed by atoms with Crippen LogP contribution in [0.25, 0.3) is 10.2 Å². The van der Waals surface area contributed by atoms with Gasteiger partial charge in [0.1, 0.15) is 5.75 Å². The lowest BCUT2D eigenvalue weighted by Gasteiger charge is -2.13. The third-order valence-electron chi connectivity index (χ3n) is 3.98. The summed E-state index contributed by atoms with van der Waals surface area (Å²) in [6.45, 7) is 2.72. The predicted octanol–water partition coefficient (Wildman–Crippen LogP) is 4.36. The van der Waals surface area contributed by atoms with Crippen LogP contribution in [0.15, 0.2) is 30.3 Å². The molecule has 0 spiro atoms. The first-order valence-electron chi connectivity index (χ1n) is 8.74. The fourth-order valence-corrected chi connectivity index (χ4v) is 3.54. The summed E-state index contributed by atoms with van der Waals surface area (Å²) in [4.78, 5) is 17.2. The minimum atomic E-state index is -0.319. The van der Waals surface area contributed by atoms with Crippen LogP contribution in [0, 0.1) is 0 Å². The number of fused-ring (bicyclic) bond motifs is 1. The van der Waals surface area contributed by atoms with Crippen LogP contribution in [-0.2, 0) is 0 Å². The summed E-state index contributed by atoms with van der Waals surface area (Å²) in [5, 5.41) is 3.33. The number of ether oxygens (including phenoxy) is 4. The number of thiazole rings is 1. The molecule has 28 heavy (non-hydrogen) atoms. The summed E-state index contributed by atoms with van der Waals surface area (Å²) in [5.41, 5.74) is 1.18. The van der Waals surface area contributed by atoms with Crippen LogP contribution in [0.4, 0.5) is 5.13 Å².